The summed E-state index contributed by atoms with van der Waals surface area (Å²) >= 11 is 1.31. The average Bonchev–Trinajstić information content (AvgIpc) is 3.20. The number of para-hydroxylation sites is 1. The fourth-order valence-corrected chi connectivity index (χ4v) is 4.67. The summed E-state index contributed by atoms with van der Waals surface area (Å²) in [5.41, 5.74) is 1.68. The maximum Gasteiger partial charge on any atom is 0.319 e. The van der Waals surface area contributed by atoms with Crippen LogP contribution in [0.15, 0.2) is 64.5 Å². The van der Waals surface area contributed by atoms with Gasteiger partial charge in [0.1, 0.15) is 5.25 Å². The molecule has 0 spiro atoms. The van der Waals surface area contributed by atoms with Crippen LogP contribution in [0.25, 0.3) is 16.7 Å². The van der Waals surface area contributed by atoms with Crippen LogP contribution in [0.5, 0.6) is 0 Å². The van der Waals surface area contributed by atoms with Crippen molar-refractivity contribution in [3.05, 3.63) is 70.5 Å². The summed E-state index contributed by atoms with van der Waals surface area (Å²) in [5, 5.41) is 9.35. The van der Waals surface area contributed by atoms with E-state index in [1.165, 1.54) is 11.8 Å². The first-order chi connectivity index (χ1) is 15.1. The van der Waals surface area contributed by atoms with Crippen LogP contribution in [0.4, 0.5) is 0 Å². The summed E-state index contributed by atoms with van der Waals surface area (Å²) in [6.07, 6.45) is 1.30. The number of aryl methyl sites for hydroxylation is 1. The number of rotatable bonds is 8. The van der Waals surface area contributed by atoms with Crippen LogP contribution in [0.2, 0.25) is 0 Å². The number of aromatic nitrogens is 4. The number of benzene rings is 2. The lowest BCUT2D eigenvalue weighted by atomic mass is 10.1. The molecule has 0 saturated carbocycles. The summed E-state index contributed by atoms with van der Waals surface area (Å²) in [6, 6.07) is 17.2. The highest BCUT2D eigenvalue weighted by Gasteiger charge is 2.26. The van der Waals surface area contributed by atoms with E-state index in [-0.39, 0.29) is 11.5 Å². The summed E-state index contributed by atoms with van der Waals surface area (Å²) in [4.78, 5) is 25.7. The van der Waals surface area contributed by atoms with Gasteiger partial charge < -0.3 is 4.74 Å². The predicted octanol–water partition coefficient (Wildman–Crippen LogP) is 3.72. The van der Waals surface area contributed by atoms with Crippen molar-refractivity contribution in [1.82, 2.24) is 19.2 Å². The first-order valence-electron chi connectivity index (χ1n) is 10.4. The van der Waals surface area contributed by atoms with Gasteiger partial charge in [-0.2, -0.15) is 0 Å². The number of carbonyl (C=O) groups excluding carboxylic acids is 1. The first-order valence-corrected chi connectivity index (χ1v) is 11.3. The van der Waals surface area contributed by atoms with E-state index in [9.17, 15) is 9.59 Å². The van der Waals surface area contributed by atoms with Crippen molar-refractivity contribution < 1.29 is 9.53 Å². The lowest BCUT2D eigenvalue weighted by Gasteiger charge is -2.15. The number of carbonyl (C=O) groups is 1. The largest absolute Gasteiger partial charge is 0.465 e. The molecule has 1 unspecified atom stereocenters. The smallest absolute Gasteiger partial charge is 0.319 e. The van der Waals surface area contributed by atoms with Gasteiger partial charge in [0, 0.05) is 6.54 Å². The molecular weight excluding hydrogens is 412 g/mol. The maximum absolute atomic E-state index is 13.0. The van der Waals surface area contributed by atoms with Crippen molar-refractivity contribution in [1.29, 1.82) is 0 Å². The van der Waals surface area contributed by atoms with Gasteiger partial charge in [-0.3, -0.25) is 18.6 Å². The molecule has 4 rings (SSSR count). The second kappa shape index (κ2) is 9.34. The molecular formula is C23H24N4O3S. The fourth-order valence-electron chi connectivity index (χ4n) is 3.60. The van der Waals surface area contributed by atoms with E-state index in [1.807, 2.05) is 65.9 Å². The zero-order valence-corrected chi connectivity index (χ0v) is 18.3. The highest BCUT2D eigenvalue weighted by Crippen LogP contribution is 2.28. The minimum atomic E-state index is -0.486. The molecule has 4 aromatic rings. The Labute approximate surface area is 184 Å². The van der Waals surface area contributed by atoms with Gasteiger partial charge in [0.25, 0.3) is 5.56 Å². The van der Waals surface area contributed by atoms with Crippen molar-refractivity contribution in [2.45, 2.75) is 43.6 Å². The number of esters is 1. The number of ether oxygens (including phenoxy) is 1. The van der Waals surface area contributed by atoms with Crippen molar-refractivity contribution in [2.24, 2.45) is 0 Å². The molecule has 0 fully saturated rings. The van der Waals surface area contributed by atoms with Gasteiger partial charge in [0.2, 0.25) is 5.78 Å². The normalized spacial score (nSPS) is 12.3. The SMILES string of the molecule is CCCn1c(=O)c2ccccc2n2c(SC(Cc3ccccc3)C(=O)OCC)nnc12. The van der Waals surface area contributed by atoms with Crippen LogP contribution in [-0.2, 0) is 22.5 Å². The molecule has 160 valence electrons. The monoisotopic (exact) mass is 436 g/mol. The van der Waals surface area contributed by atoms with E-state index >= 15 is 0 Å². The third-order valence-electron chi connectivity index (χ3n) is 4.99. The third-order valence-corrected chi connectivity index (χ3v) is 6.11. The quantitative estimate of drug-likeness (QED) is 0.309. The molecule has 0 amide bonds. The van der Waals surface area contributed by atoms with Crippen molar-refractivity contribution >= 4 is 34.4 Å². The molecule has 1 atom stereocenters. The third kappa shape index (κ3) is 4.20. The Morgan fingerprint density at radius 1 is 1.06 bits per heavy atom. The topological polar surface area (TPSA) is 78.5 Å². The van der Waals surface area contributed by atoms with Gasteiger partial charge in [-0.25, -0.2) is 0 Å². The number of hydrogen-bond donors (Lipinski definition) is 0. The standard InChI is InChI=1S/C23H24N4O3S/c1-3-14-26-20(28)17-12-8-9-13-18(17)27-22(26)24-25-23(27)31-19(21(29)30-4-2)15-16-10-6-5-7-11-16/h5-13,19H,3-4,14-15H2,1-2H3. The van der Waals surface area contributed by atoms with Gasteiger partial charge in [-0.05, 0) is 37.5 Å². The Morgan fingerprint density at radius 3 is 2.55 bits per heavy atom. The van der Waals surface area contributed by atoms with Crippen molar-refractivity contribution in [2.75, 3.05) is 6.61 Å². The molecule has 0 bridgehead atoms. The highest BCUT2D eigenvalue weighted by atomic mass is 32.2. The lowest BCUT2D eigenvalue weighted by Crippen LogP contribution is -2.24. The molecule has 0 radical (unpaired) electrons. The van der Waals surface area contributed by atoms with E-state index in [1.54, 1.807) is 11.5 Å². The fraction of sp³-hybridized carbons (Fsp3) is 0.304. The average molecular weight is 437 g/mol. The van der Waals surface area contributed by atoms with Crippen LogP contribution in [0, 0.1) is 0 Å². The zero-order chi connectivity index (χ0) is 21.8. The zero-order valence-electron chi connectivity index (χ0n) is 17.5. The molecule has 31 heavy (non-hydrogen) atoms. The number of thioether (sulfide) groups is 1. The summed E-state index contributed by atoms with van der Waals surface area (Å²) in [5.74, 6) is 0.189. The number of fused-ring (bicyclic) bond motifs is 3. The molecule has 0 aliphatic carbocycles. The molecule has 2 aromatic carbocycles. The van der Waals surface area contributed by atoms with Crippen molar-refractivity contribution in [3.8, 4) is 0 Å². The van der Waals surface area contributed by atoms with Gasteiger partial charge in [-0.15, -0.1) is 10.2 Å². The summed E-state index contributed by atoms with van der Waals surface area (Å²) in [7, 11) is 0. The van der Waals surface area contributed by atoms with E-state index < -0.39 is 5.25 Å². The summed E-state index contributed by atoms with van der Waals surface area (Å²) < 4.78 is 8.85. The van der Waals surface area contributed by atoms with Gasteiger partial charge in [0.05, 0.1) is 17.5 Å². The predicted molar refractivity (Wildman–Crippen MR) is 121 cm³/mol. The molecule has 0 saturated heterocycles. The Balaban J connectivity index is 1.82. The molecule has 0 aliphatic heterocycles. The number of nitrogens with zero attached hydrogens (tertiary/aromatic N) is 4. The van der Waals surface area contributed by atoms with Crippen LogP contribution in [-0.4, -0.2) is 37.0 Å². The van der Waals surface area contributed by atoms with E-state index in [0.29, 0.717) is 35.9 Å². The molecule has 8 heteroatoms. The second-order valence-electron chi connectivity index (χ2n) is 7.14. The van der Waals surface area contributed by atoms with Gasteiger partial charge >= 0.3 is 5.97 Å². The highest BCUT2D eigenvalue weighted by molar-refractivity contribution is 8.00. The Morgan fingerprint density at radius 2 is 1.81 bits per heavy atom. The molecule has 7 nitrogen and oxygen atoms in total. The maximum atomic E-state index is 13.0. The molecule has 0 aliphatic rings. The minimum Gasteiger partial charge on any atom is -0.465 e. The minimum absolute atomic E-state index is 0.0832. The van der Waals surface area contributed by atoms with Crippen LogP contribution < -0.4 is 5.56 Å². The molecule has 2 heterocycles. The van der Waals surface area contributed by atoms with E-state index in [0.717, 1.165) is 17.5 Å². The number of hydrogen-bond acceptors (Lipinski definition) is 6. The molecule has 0 N–H and O–H groups in total. The Hall–Kier alpha value is -3.13. The van der Waals surface area contributed by atoms with E-state index in [4.69, 9.17) is 4.74 Å². The van der Waals surface area contributed by atoms with Crippen LogP contribution in [0.1, 0.15) is 25.8 Å². The Kier molecular flexibility index (Phi) is 6.36. The van der Waals surface area contributed by atoms with Crippen LogP contribution >= 0.6 is 11.8 Å². The van der Waals surface area contributed by atoms with E-state index in [2.05, 4.69) is 10.2 Å². The second-order valence-corrected chi connectivity index (χ2v) is 8.31. The molecule has 2 aromatic heterocycles. The van der Waals surface area contributed by atoms with Gasteiger partial charge in [0.15, 0.2) is 5.16 Å². The summed E-state index contributed by atoms with van der Waals surface area (Å²) in [6.45, 7) is 4.66. The first kappa shape index (κ1) is 21.1. The Bertz CT molecular complexity index is 1270. The lowest BCUT2D eigenvalue weighted by molar-refractivity contribution is -0.142. The van der Waals surface area contributed by atoms with Crippen LogP contribution in [0.3, 0.4) is 0 Å². The van der Waals surface area contributed by atoms with Gasteiger partial charge in [-0.1, -0.05) is 61.2 Å². The van der Waals surface area contributed by atoms with Crippen molar-refractivity contribution in [3.63, 3.8) is 0 Å².